The lowest BCUT2D eigenvalue weighted by Crippen LogP contribution is -2.21. The van der Waals surface area contributed by atoms with Gasteiger partial charge in [0.25, 0.3) is 11.6 Å². The number of nitrogens with one attached hydrogen (secondary N) is 2. The summed E-state index contributed by atoms with van der Waals surface area (Å²) < 4.78 is 5.48. The predicted octanol–water partition coefficient (Wildman–Crippen LogP) is 2.81. The molecule has 0 bridgehead atoms. The fraction of sp³-hybridized carbons (Fsp3) is 0.222. The number of hydrogen-bond acceptors (Lipinski definition) is 5. The molecule has 0 unspecified atom stereocenters. The van der Waals surface area contributed by atoms with Crippen LogP contribution in [0.15, 0.2) is 36.4 Å². The second-order valence-corrected chi connectivity index (χ2v) is 5.96. The lowest BCUT2D eigenvalue weighted by Gasteiger charge is -2.17. The van der Waals surface area contributed by atoms with Crippen molar-refractivity contribution in [3.05, 3.63) is 57.6 Å². The van der Waals surface area contributed by atoms with Gasteiger partial charge in [-0.05, 0) is 43.2 Å². The minimum Gasteiger partial charge on any atom is -0.484 e. The summed E-state index contributed by atoms with van der Waals surface area (Å²) in [7, 11) is 0. The Bertz CT molecular complexity index is 894. The highest BCUT2D eigenvalue weighted by Gasteiger charge is 2.16. The number of benzene rings is 2. The number of aryl methyl sites for hydroxylation is 2. The van der Waals surface area contributed by atoms with Crippen molar-refractivity contribution in [2.24, 2.45) is 0 Å². The van der Waals surface area contributed by atoms with E-state index in [0.717, 1.165) is 11.3 Å². The first-order valence-electron chi connectivity index (χ1n) is 8.03. The van der Waals surface area contributed by atoms with Crippen molar-refractivity contribution in [1.29, 1.82) is 0 Å². The number of nitro groups is 1. The smallest absolute Gasteiger partial charge is 0.274 e. The molecule has 0 radical (unpaired) electrons. The number of carbonyl (C=O) groups excluding carboxylic acids is 2. The largest absolute Gasteiger partial charge is 0.484 e. The van der Waals surface area contributed by atoms with E-state index in [9.17, 15) is 19.7 Å². The van der Waals surface area contributed by atoms with Gasteiger partial charge in [0, 0.05) is 29.4 Å². The summed E-state index contributed by atoms with van der Waals surface area (Å²) in [6.45, 7) is 1.40. The van der Waals surface area contributed by atoms with Crippen molar-refractivity contribution in [2.75, 3.05) is 17.2 Å². The molecular formula is C18H17N3O5. The fourth-order valence-electron chi connectivity index (χ4n) is 2.68. The van der Waals surface area contributed by atoms with Crippen LogP contribution in [0.5, 0.6) is 5.75 Å². The van der Waals surface area contributed by atoms with Crippen molar-refractivity contribution in [1.82, 2.24) is 0 Å². The van der Waals surface area contributed by atoms with Gasteiger partial charge in [-0.15, -0.1) is 0 Å². The molecule has 2 aromatic carbocycles. The summed E-state index contributed by atoms with van der Waals surface area (Å²) in [4.78, 5) is 33.8. The van der Waals surface area contributed by atoms with E-state index in [2.05, 4.69) is 10.6 Å². The van der Waals surface area contributed by atoms with Crippen molar-refractivity contribution in [3.8, 4) is 5.75 Å². The van der Waals surface area contributed by atoms with Crippen LogP contribution in [0.1, 0.15) is 17.5 Å². The third kappa shape index (κ3) is 3.97. The van der Waals surface area contributed by atoms with E-state index >= 15 is 0 Å². The molecule has 0 aromatic heterocycles. The Balaban J connectivity index is 1.60. The van der Waals surface area contributed by atoms with E-state index in [1.807, 2.05) is 0 Å². The van der Waals surface area contributed by atoms with Crippen LogP contribution in [-0.4, -0.2) is 23.3 Å². The third-order valence-corrected chi connectivity index (χ3v) is 4.03. The van der Waals surface area contributed by atoms with Crippen LogP contribution >= 0.6 is 0 Å². The molecule has 26 heavy (non-hydrogen) atoms. The zero-order valence-corrected chi connectivity index (χ0v) is 14.1. The normalized spacial score (nSPS) is 12.7. The lowest BCUT2D eigenvalue weighted by atomic mass is 10.0. The predicted molar refractivity (Wildman–Crippen MR) is 95.4 cm³/mol. The molecule has 0 atom stereocenters. The molecule has 0 fully saturated rings. The van der Waals surface area contributed by atoms with Crippen molar-refractivity contribution in [2.45, 2.75) is 19.8 Å². The van der Waals surface area contributed by atoms with Crippen LogP contribution in [0.3, 0.4) is 0 Å². The number of amides is 2. The van der Waals surface area contributed by atoms with Gasteiger partial charge in [0.05, 0.1) is 4.92 Å². The molecule has 8 nitrogen and oxygen atoms in total. The summed E-state index contributed by atoms with van der Waals surface area (Å²) in [5.74, 6) is 0.0804. The van der Waals surface area contributed by atoms with Gasteiger partial charge >= 0.3 is 0 Å². The Hall–Kier alpha value is -3.42. The first kappa shape index (κ1) is 17.4. The van der Waals surface area contributed by atoms with E-state index in [0.29, 0.717) is 29.8 Å². The summed E-state index contributed by atoms with van der Waals surface area (Å²) >= 11 is 0. The van der Waals surface area contributed by atoms with Crippen LogP contribution in [0, 0.1) is 17.0 Å². The summed E-state index contributed by atoms with van der Waals surface area (Å²) in [6.07, 6.45) is 1.04. The van der Waals surface area contributed by atoms with Gasteiger partial charge < -0.3 is 15.4 Å². The molecule has 1 aliphatic heterocycles. The van der Waals surface area contributed by atoms with Gasteiger partial charge in [-0.2, -0.15) is 0 Å². The minimum atomic E-state index is -0.493. The molecule has 2 aromatic rings. The maximum Gasteiger partial charge on any atom is 0.274 e. The second kappa shape index (κ2) is 7.22. The van der Waals surface area contributed by atoms with Crippen molar-refractivity contribution in [3.63, 3.8) is 0 Å². The Morgan fingerprint density at radius 3 is 2.85 bits per heavy atom. The standard InChI is InChI=1S/C18H17N3O5/c1-11-2-4-13(9-16(11)21(24)25)19-18(23)10-26-14-5-6-15-12(8-14)3-7-17(22)20-15/h2,4-6,8-9H,3,7,10H2,1H3,(H,19,23)(H,20,22). The maximum absolute atomic E-state index is 12.0. The van der Waals surface area contributed by atoms with Crippen LogP contribution in [0.4, 0.5) is 17.1 Å². The zero-order valence-electron chi connectivity index (χ0n) is 14.1. The first-order valence-corrected chi connectivity index (χ1v) is 8.03. The van der Waals surface area contributed by atoms with Crippen LogP contribution < -0.4 is 15.4 Å². The monoisotopic (exact) mass is 355 g/mol. The number of nitrogens with zero attached hydrogens (tertiary/aromatic N) is 1. The Morgan fingerprint density at radius 1 is 1.27 bits per heavy atom. The Labute approximate surface area is 149 Å². The van der Waals surface area contributed by atoms with Gasteiger partial charge in [-0.1, -0.05) is 6.07 Å². The molecule has 2 amide bonds. The molecule has 8 heteroatoms. The van der Waals surface area contributed by atoms with Crippen LogP contribution in [0.25, 0.3) is 0 Å². The molecule has 0 aliphatic carbocycles. The highest BCUT2D eigenvalue weighted by atomic mass is 16.6. The van der Waals surface area contributed by atoms with Gasteiger partial charge in [-0.25, -0.2) is 0 Å². The molecular weight excluding hydrogens is 338 g/mol. The molecule has 1 aliphatic rings. The first-order chi connectivity index (χ1) is 12.4. The molecule has 2 N–H and O–H groups in total. The number of carbonyl (C=O) groups is 2. The lowest BCUT2D eigenvalue weighted by molar-refractivity contribution is -0.385. The molecule has 0 saturated heterocycles. The summed E-state index contributed by atoms with van der Waals surface area (Å²) in [6, 6.07) is 9.69. The number of fused-ring (bicyclic) bond motifs is 1. The van der Waals surface area contributed by atoms with E-state index in [-0.39, 0.29) is 18.2 Å². The average molecular weight is 355 g/mol. The van der Waals surface area contributed by atoms with E-state index in [4.69, 9.17) is 4.74 Å². The number of rotatable bonds is 5. The molecule has 134 valence electrons. The quantitative estimate of drug-likeness (QED) is 0.633. The Morgan fingerprint density at radius 2 is 2.08 bits per heavy atom. The van der Waals surface area contributed by atoms with E-state index in [1.54, 1.807) is 37.3 Å². The van der Waals surface area contributed by atoms with Gasteiger partial charge in [0.1, 0.15) is 5.75 Å². The van der Waals surface area contributed by atoms with Crippen LogP contribution in [-0.2, 0) is 16.0 Å². The number of ether oxygens (including phenoxy) is 1. The van der Waals surface area contributed by atoms with Crippen molar-refractivity contribution < 1.29 is 19.2 Å². The van der Waals surface area contributed by atoms with E-state index in [1.165, 1.54) is 6.07 Å². The molecule has 0 saturated carbocycles. The van der Waals surface area contributed by atoms with Gasteiger partial charge in [0.15, 0.2) is 6.61 Å². The van der Waals surface area contributed by atoms with Crippen LogP contribution in [0.2, 0.25) is 0 Å². The summed E-state index contributed by atoms with van der Waals surface area (Å²) in [5, 5.41) is 16.3. The molecule has 0 spiro atoms. The third-order valence-electron chi connectivity index (χ3n) is 4.03. The van der Waals surface area contributed by atoms with Crippen molar-refractivity contribution >= 4 is 28.9 Å². The molecule has 3 rings (SSSR count). The number of nitro benzene ring substituents is 1. The SMILES string of the molecule is Cc1ccc(NC(=O)COc2ccc3c(c2)CCC(=O)N3)cc1[N+](=O)[O-]. The topological polar surface area (TPSA) is 111 Å². The maximum atomic E-state index is 12.0. The Kier molecular flexibility index (Phi) is 4.83. The highest BCUT2D eigenvalue weighted by molar-refractivity contribution is 5.94. The fourth-order valence-corrected chi connectivity index (χ4v) is 2.68. The van der Waals surface area contributed by atoms with Gasteiger partial charge in [-0.3, -0.25) is 19.7 Å². The van der Waals surface area contributed by atoms with E-state index < -0.39 is 10.8 Å². The minimum absolute atomic E-state index is 0.0160. The average Bonchev–Trinajstić information content (AvgIpc) is 2.61. The second-order valence-electron chi connectivity index (χ2n) is 5.96. The summed E-state index contributed by atoms with van der Waals surface area (Å²) in [5.41, 5.74) is 2.51. The highest BCUT2D eigenvalue weighted by Crippen LogP contribution is 2.27. The number of anilines is 2. The molecule has 1 heterocycles. The van der Waals surface area contributed by atoms with Gasteiger partial charge in [0.2, 0.25) is 5.91 Å². The zero-order chi connectivity index (χ0) is 18.7. The number of hydrogen-bond donors (Lipinski definition) is 2.